The van der Waals surface area contributed by atoms with E-state index in [0.717, 1.165) is 11.0 Å². The molecular formula is C14H8F2N2O2. The molecular weight excluding hydrogens is 266 g/mol. The van der Waals surface area contributed by atoms with E-state index in [1.807, 2.05) is 0 Å². The molecule has 1 aromatic carbocycles. The van der Waals surface area contributed by atoms with Crippen LogP contribution in [-0.2, 0) is 11.3 Å². The predicted octanol–water partition coefficient (Wildman–Crippen LogP) is 2.09. The molecule has 4 nitrogen and oxygen atoms in total. The highest BCUT2D eigenvalue weighted by atomic mass is 19.1. The molecule has 0 unspecified atom stereocenters. The number of benzene rings is 1. The summed E-state index contributed by atoms with van der Waals surface area (Å²) in [7, 11) is 0. The van der Waals surface area contributed by atoms with E-state index >= 15 is 0 Å². The number of amides is 1. The monoisotopic (exact) mass is 274 g/mol. The van der Waals surface area contributed by atoms with E-state index in [1.54, 1.807) is 18.2 Å². The quantitative estimate of drug-likeness (QED) is 0.788. The molecule has 2 aromatic rings. The fraction of sp³-hybridized carbons (Fsp3) is 0.0714. The number of carbonyl (C=O) groups is 2. The van der Waals surface area contributed by atoms with Gasteiger partial charge in [0, 0.05) is 12.3 Å². The zero-order valence-corrected chi connectivity index (χ0v) is 10.1. The van der Waals surface area contributed by atoms with Crippen molar-refractivity contribution in [3.05, 3.63) is 59.4 Å². The molecule has 1 aliphatic rings. The van der Waals surface area contributed by atoms with Gasteiger partial charge in [-0.2, -0.15) is 0 Å². The minimum Gasteiger partial charge on any atom is -0.299 e. The van der Waals surface area contributed by atoms with Crippen LogP contribution >= 0.6 is 0 Å². The van der Waals surface area contributed by atoms with Crippen LogP contribution < -0.4 is 4.90 Å². The van der Waals surface area contributed by atoms with Gasteiger partial charge in [0.25, 0.3) is 11.7 Å². The van der Waals surface area contributed by atoms with Crippen molar-refractivity contribution in [1.29, 1.82) is 0 Å². The Kier molecular flexibility index (Phi) is 2.78. The number of hydrogen-bond acceptors (Lipinski definition) is 3. The van der Waals surface area contributed by atoms with Crippen molar-refractivity contribution in [3.63, 3.8) is 0 Å². The Morgan fingerprint density at radius 3 is 2.65 bits per heavy atom. The summed E-state index contributed by atoms with van der Waals surface area (Å²) in [5, 5.41) is 0. The first-order valence-electron chi connectivity index (χ1n) is 5.83. The maximum absolute atomic E-state index is 13.6. The van der Waals surface area contributed by atoms with Crippen molar-refractivity contribution in [2.45, 2.75) is 6.54 Å². The normalized spacial score (nSPS) is 13.8. The standard InChI is InChI=1S/C14H8F2N2O2/c15-8-5-10(16)12-11(6-8)18(14(20)13(12)19)7-9-3-1-2-4-17-9/h1-6H,7H2. The van der Waals surface area contributed by atoms with Gasteiger partial charge in [0.05, 0.1) is 23.5 Å². The van der Waals surface area contributed by atoms with Crippen molar-refractivity contribution >= 4 is 17.4 Å². The fourth-order valence-corrected chi connectivity index (χ4v) is 2.15. The van der Waals surface area contributed by atoms with Crippen molar-refractivity contribution in [2.24, 2.45) is 0 Å². The number of carbonyl (C=O) groups excluding carboxylic acids is 2. The number of anilines is 1. The Morgan fingerprint density at radius 1 is 1.15 bits per heavy atom. The van der Waals surface area contributed by atoms with Crippen molar-refractivity contribution in [1.82, 2.24) is 4.98 Å². The number of pyridine rings is 1. The van der Waals surface area contributed by atoms with Gasteiger partial charge in [0.1, 0.15) is 11.6 Å². The number of rotatable bonds is 2. The first-order chi connectivity index (χ1) is 9.58. The molecule has 0 spiro atoms. The molecule has 20 heavy (non-hydrogen) atoms. The third kappa shape index (κ3) is 1.85. The summed E-state index contributed by atoms with van der Waals surface area (Å²) >= 11 is 0. The van der Waals surface area contributed by atoms with Gasteiger partial charge in [0.15, 0.2) is 0 Å². The van der Waals surface area contributed by atoms with E-state index in [-0.39, 0.29) is 17.8 Å². The molecule has 0 radical (unpaired) electrons. The van der Waals surface area contributed by atoms with Gasteiger partial charge in [0.2, 0.25) is 0 Å². The summed E-state index contributed by atoms with van der Waals surface area (Å²) in [4.78, 5) is 28.7. The van der Waals surface area contributed by atoms with Crippen LogP contribution in [0.1, 0.15) is 16.1 Å². The Bertz CT molecular complexity index is 717. The zero-order valence-electron chi connectivity index (χ0n) is 10.1. The Morgan fingerprint density at radius 2 is 1.95 bits per heavy atom. The van der Waals surface area contributed by atoms with Gasteiger partial charge < -0.3 is 0 Å². The van der Waals surface area contributed by atoms with E-state index in [0.29, 0.717) is 11.8 Å². The lowest BCUT2D eigenvalue weighted by Crippen LogP contribution is -2.29. The molecule has 6 heteroatoms. The minimum atomic E-state index is -1.03. The summed E-state index contributed by atoms with van der Waals surface area (Å²) in [6.07, 6.45) is 1.53. The number of halogens is 2. The number of fused-ring (bicyclic) bond motifs is 1. The van der Waals surface area contributed by atoms with Crippen LogP contribution in [0.5, 0.6) is 0 Å². The summed E-state index contributed by atoms with van der Waals surface area (Å²) in [6.45, 7) is -0.0126. The third-order valence-corrected chi connectivity index (χ3v) is 3.04. The van der Waals surface area contributed by atoms with Crippen LogP contribution in [0, 0.1) is 11.6 Å². The molecule has 0 aliphatic carbocycles. The van der Waals surface area contributed by atoms with Crippen LogP contribution in [0.3, 0.4) is 0 Å². The summed E-state index contributed by atoms with van der Waals surface area (Å²) < 4.78 is 26.9. The highest BCUT2D eigenvalue weighted by molar-refractivity contribution is 6.52. The summed E-state index contributed by atoms with van der Waals surface area (Å²) in [5.41, 5.74) is 0.0849. The van der Waals surface area contributed by atoms with Gasteiger partial charge in [-0.1, -0.05) is 6.07 Å². The molecule has 1 aliphatic heterocycles. The number of aromatic nitrogens is 1. The van der Waals surface area contributed by atoms with Crippen molar-refractivity contribution < 1.29 is 18.4 Å². The second-order valence-electron chi connectivity index (χ2n) is 4.32. The Hall–Kier alpha value is -2.63. The third-order valence-electron chi connectivity index (χ3n) is 3.04. The fourth-order valence-electron chi connectivity index (χ4n) is 2.15. The molecule has 100 valence electrons. The summed E-state index contributed by atoms with van der Waals surface area (Å²) in [5.74, 6) is -3.71. The second kappa shape index (κ2) is 4.48. The van der Waals surface area contributed by atoms with E-state index in [2.05, 4.69) is 4.98 Å². The van der Waals surface area contributed by atoms with Gasteiger partial charge in [-0.05, 0) is 18.2 Å². The number of Topliss-reactive ketones (excluding diaryl/α,β-unsaturated/α-hetero) is 1. The van der Waals surface area contributed by atoms with Crippen LogP contribution in [0.2, 0.25) is 0 Å². The van der Waals surface area contributed by atoms with E-state index in [4.69, 9.17) is 0 Å². The van der Waals surface area contributed by atoms with Crippen LogP contribution in [-0.4, -0.2) is 16.7 Å². The van der Waals surface area contributed by atoms with Crippen LogP contribution in [0.4, 0.5) is 14.5 Å². The van der Waals surface area contributed by atoms with Crippen LogP contribution in [0.25, 0.3) is 0 Å². The molecule has 0 fully saturated rings. The average Bonchev–Trinajstić information content (AvgIpc) is 2.65. The highest BCUT2D eigenvalue weighted by Gasteiger charge is 2.38. The lowest BCUT2D eigenvalue weighted by atomic mass is 10.1. The van der Waals surface area contributed by atoms with E-state index in [1.165, 1.54) is 6.20 Å². The smallest absolute Gasteiger partial charge is 0.299 e. The maximum atomic E-state index is 13.6. The molecule has 1 amide bonds. The first-order valence-corrected chi connectivity index (χ1v) is 5.83. The maximum Gasteiger partial charge on any atom is 0.299 e. The van der Waals surface area contributed by atoms with Gasteiger partial charge in [-0.15, -0.1) is 0 Å². The second-order valence-corrected chi connectivity index (χ2v) is 4.32. The number of ketones is 1. The number of hydrogen-bond donors (Lipinski definition) is 0. The molecule has 3 rings (SSSR count). The van der Waals surface area contributed by atoms with Gasteiger partial charge in [-0.25, -0.2) is 8.78 Å². The zero-order chi connectivity index (χ0) is 14.3. The molecule has 1 aromatic heterocycles. The molecule has 2 heterocycles. The van der Waals surface area contributed by atoms with Gasteiger partial charge >= 0.3 is 0 Å². The topological polar surface area (TPSA) is 50.3 Å². The largest absolute Gasteiger partial charge is 0.299 e. The number of nitrogens with zero attached hydrogens (tertiary/aromatic N) is 2. The SMILES string of the molecule is O=C1C(=O)N(Cc2ccccn2)c2cc(F)cc(F)c21. The predicted molar refractivity (Wildman–Crippen MR) is 66.1 cm³/mol. The lowest BCUT2D eigenvalue weighted by Gasteiger charge is -2.15. The first kappa shape index (κ1) is 12.4. The van der Waals surface area contributed by atoms with E-state index in [9.17, 15) is 18.4 Å². The Labute approximate surface area is 112 Å². The lowest BCUT2D eigenvalue weighted by molar-refractivity contribution is -0.114. The van der Waals surface area contributed by atoms with Crippen molar-refractivity contribution in [3.8, 4) is 0 Å². The average molecular weight is 274 g/mol. The highest BCUT2D eigenvalue weighted by Crippen LogP contribution is 2.32. The minimum absolute atomic E-state index is 0.0126. The summed E-state index contributed by atoms with van der Waals surface area (Å²) in [6, 6.07) is 6.65. The molecule has 0 N–H and O–H groups in total. The molecule has 0 atom stereocenters. The molecule has 0 saturated carbocycles. The van der Waals surface area contributed by atoms with Crippen molar-refractivity contribution in [2.75, 3.05) is 4.90 Å². The molecule has 0 bridgehead atoms. The Balaban J connectivity index is 2.06. The van der Waals surface area contributed by atoms with E-state index < -0.39 is 23.3 Å². The van der Waals surface area contributed by atoms with Crippen LogP contribution in [0.15, 0.2) is 36.5 Å². The molecule has 0 saturated heterocycles. The van der Waals surface area contributed by atoms with Gasteiger partial charge in [-0.3, -0.25) is 19.5 Å².